The summed E-state index contributed by atoms with van der Waals surface area (Å²) in [7, 11) is 1.87. The van der Waals surface area contributed by atoms with Crippen molar-refractivity contribution < 1.29 is 9.13 Å². The van der Waals surface area contributed by atoms with Crippen LogP contribution in [-0.2, 0) is 4.74 Å². The zero-order valence-electron chi connectivity index (χ0n) is 12.7. The number of likely N-dealkylation sites (N-methyl/N-ethyl adjacent to an activating group) is 1. The Balaban J connectivity index is 3.14. The number of rotatable bonds is 7. The first-order valence-electron chi connectivity index (χ1n) is 7.10. The van der Waals surface area contributed by atoms with E-state index in [9.17, 15) is 4.39 Å². The highest BCUT2D eigenvalue weighted by molar-refractivity contribution is 5.35. The first-order chi connectivity index (χ1) is 9.04. The average Bonchev–Trinajstić information content (AvgIpc) is 2.33. The molecule has 0 saturated heterocycles. The van der Waals surface area contributed by atoms with Gasteiger partial charge in [-0.2, -0.15) is 0 Å². The van der Waals surface area contributed by atoms with Gasteiger partial charge in [-0.3, -0.25) is 0 Å². The average molecular weight is 267 g/mol. The van der Waals surface area contributed by atoms with E-state index in [0.717, 1.165) is 29.5 Å². The van der Waals surface area contributed by atoms with E-state index in [4.69, 9.17) is 4.74 Å². The van der Waals surface area contributed by atoms with Crippen molar-refractivity contribution in [3.05, 3.63) is 34.6 Å². The Kier molecular flexibility index (Phi) is 6.46. The maximum atomic E-state index is 14.3. The molecule has 0 bridgehead atoms. The second-order valence-electron chi connectivity index (χ2n) is 5.03. The monoisotopic (exact) mass is 267 g/mol. The van der Waals surface area contributed by atoms with Gasteiger partial charge >= 0.3 is 0 Å². The molecule has 0 saturated carbocycles. The molecule has 1 aromatic carbocycles. The third kappa shape index (κ3) is 4.02. The molecule has 19 heavy (non-hydrogen) atoms. The van der Waals surface area contributed by atoms with Gasteiger partial charge in [0, 0.05) is 12.2 Å². The van der Waals surface area contributed by atoms with Crippen LogP contribution < -0.4 is 5.32 Å². The van der Waals surface area contributed by atoms with E-state index in [1.54, 1.807) is 6.07 Å². The lowest BCUT2D eigenvalue weighted by Gasteiger charge is -2.28. The number of halogens is 1. The van der Waals surface area contributed by atoms with E-state index in [1.165, 1.54) is 0 Å². The van der Waals surface area contributed by atoms with Crippen molar-refractivity contribution in [3.8, 4) is 0 Å². The molecule has 0 amide bonds. The van der Waals surface area contributed by atoms with Crippen LogP contribution in [0, 0.1) is 19.7 Å². The molecule has 0 aromatic heterocycles. The fourth-order valence-electron chi connectivity index (χ4n) is 2.68. The van der Waals surface area contributed by atoms with Crippen LogP contribution in [0.25, 0.3) is 0 Å². The summed E-state index contributed by atoms with van der Waals surface area (Å²) in [6.45, 7) is 8.63. The molecule has 1 rings (SSSR count). The molecule has 0 heterocycles. The highest BCUT2D eigenvalue weighted by Gasteiger charge is 2.25. The highest BCUT2D eigenvalue weighted by Crippen LogP contribution is 2.28. The van der Waals surface area contributed by atoms with Crippen LogP contribution in [0.2, 0.25) is 0 Å². The second-order valence-corrected chi connectivity index (χ2v) is 5.03. The molecule has 2 nitrogen and oxygen atoms in total. The summed E-state index contributed by atoms with van der Waals surface area (Å²) < 4.78 is 20.1. The highest BCUT2D eigenvalue weighted by atomic mass is 19.1. The zero-order valence-corrected chi connectivity index (χ0v) is 12.7. The molecule has 0 aliphatic carbocycles. The number of nitrogens with one attached hydrogen (secondary N) is 1. The summed E-state index contributed by atoms with van der Waals surface area (Å²) in [5, 5.41) is 3.22. The summed E-state index contributed by atoms with van der Waals surface area (Å²) in [4.78, 5) is 0. The lowest BCUT2D eigenvalue weighted by molar-refractivity contribution is 0.0285. The number of ether oxygens (including phenoxy) is 1. The summed E-state index contributed by atoms with van der Waals surface area (Å²) >= 11 is 0. The largest absolute Gasteiger partial charge is 0.377 e. The Morgan fingerprint density at radius 3 is 2.42 bits per heavy atom. The lowest BCUT2D eigenvalue weighted by atomic mass is 9.93. The smallest absolute Gasteiger partial charge is 0.128 e. The van der Waals surface area contributed by atoms with Gasteiger partial charge in [0.2, 0.25) is 0 Å². The van der Waals surface area contributed by atoms with E-state index < -0.39 is 0 Å². The molecular formula is C16H26FNO. The SMILES string of the molecule is CCCC(OCC)C(NC)c1c(C)cc(C)cc1F. The minimum atomic E-state index is -0.141. The van der Waals surface area contributed by atoms with Crippen molar-refractivity contribution in [3.63, 3.8) is 0 Å². The van der Waals surface area contributed by atoms with Crippen molar-refractivity contribution in [2.24, 2.45) is 0 Å². The maximum absolute atomic E-state index is 14.3. The van der Waals surface area contributed by atoms with Crippen LogP contribution in [-0.4, -0.2) is 19.8 Å². The summed E-state index contributed by atoms with van der Waals surface area (Å²) in [6, 6.07) is 3.53. The van der Waals surface area contributed by atoms with Crippen LogP contribution in [0.4, 0.5) is 4.39 Å². The van der Waals surface area contributed by atoms with E-state index in [2.05, 4.69) is 12.2 Å². The van der Waals surface area contributed by atoms with Crippen LogP contribution in [0.15, 0.2) is 12.1 Å². The normalized spacial score (nSPS) is 14.4. The van der Waals surface area contributed by atoms with Gasteiger partial charge < -0.3 is 10.1 Å². The minimum absolute atomic E-state index is 0.0101. The lowest BCUT2D eigenvalue weighted by Crippen LogP contribution is -2.33. The third-order valence-corrected chi connectivity index (χ3v) is 3.43. The third-order valence-electron chi connectivity index (χ3n) is 3.43. The molecule has 2 unspecified atom stereocenters. The first kappa shape index (κ1) is 16.1. The minimum Gasteiger partial charge on any atom is -0.377 e. The molecular weight excluding hydrogens is 241 g/mol. The van der Waals surface area contributed by atoms with Gasteiger partial charge in [-0.15, -0.1) is 0 Å². The van der Waals surface area contributed by atoms with Crippen molar-refractivity contribution in [1.82, 2.24) is 5.32 Å². The number of hydrogen-bond acceptors (Lipinski definition) is 2. The number of benzene rings is 1. The molecule has 108 valence electrons. The maximum Gasteiger partial charge on any atom is 0.128 e. The molecule has 0 radical (unpaired) electrons. The second kappa shape index (κ2) is 7.61. The first-order valence-corrected chi connectivity index (χ1v) is 7.10. The standard InChI is InChI=1S/C16H26FNO/c1-6-8-14(19-7-2)16(18-5)15-12(4)9-11(3)10-13(15)17/h9-10,14,16,18H,6-8H2,1-5H3. The summed E-state index contributed by atoms with van der Waals surface area (Å²) in [5.74, 6) is -0.141. The molecule has 0 aliphatic rings. The predicted octanol–water partition coefficient (Wildman–Crippen LogP) is 3.91. The Morgan fingerprint density at radius 2 is 1.95 bits per heavy atom. The molecule has 0 fully saturated rings. The van der Waals surface area contributed by atoms with E-state index in [0.29, 0.717) is 6.61 Å². The Bertz CT molecular complexity index is 377. The molecule has 0 spiro atoms. The number of aryl methyl sites for hydroxylation is 2. The molecule has 0 aliphatic heterocycles. The van der Waals surface area contributed by atoms with Crippen molar-refractivity contribution in [1.29, 1.82) is 0 Å². The summed E-state index contributed by atoms with van der Waals surface area (Å²) in [6.07, 6.45) is 1.96. The molecule has 1 N–H and O–H groups in total. The Morgan fingerprint density at radius 1 is 1.26 bits per heavy atom. The molecule has 3 heteroatoms. The fraction of sp³-hybridized carbons (Fsp3) is 0.625. The van der Waals surface area contributed by atoms with E-state index in [-0.39, 0.29) is 18.0 Å². The van der Waals surface area contributed by atoms with Crippen LogP contribution in [0.3, 0.4) is 0 Å². The zero-order chi connectivity index (χ0) is 14.4. The topological polar surface area (TPSA) is 21.3 Å². The summed E-state index contributed by atoms with van der Waals surface area (Å²) in [5.41, 5.74) is 2.68. The number of hydrogen-bond donors (Lipinski definition) is 1. The predicted molar refractivity (Wildman–Crippen MR) is 78.0 cm³/mol. The van der Waals surface area contributed by atoms with Gasteiger partial charge in [-0.05, 0) is 51.4 Å². The van der Waals surface area contributed by atoms with Gasteiger partial charge in [-0.25, -0.2) is 4.39 Å². The van der Waals surface area contributed by atoms with Crippen molar-refractivity contribution >= 4 is 0 Å². The Labute approximate surface area is 116 Å². The van der Waals surface area contributed by atoms with Gasteiger partial charge in [0.05, 0.1) is 12.1 Å². The van der Waals surface area contributed by atoms with Gasteiger partial charge in [0.15, 0.2) is 0 Å². The van der Waals surface area contributed by atoms with Crippen LogP contribution in [0.1, 0.15) is 49.4 Å². The Hall–Kier alpha value is -0.930. The van der Waals surface area contributed by atoms with E-state index in [1.807, 2.05) is 33.9 Å². The van der Waals surface area contributed by atoms with Gasteiger partial charge in [0.1, 0.15) is 5.82 Å². The quantitative estimate of drug-likeness (QED) is 0.808. The van der Waals surface area contributed by atoms with Crippen LogP contribution >= 0.6 is 0 Å². The van der Waals surface area contributed by atoms with Gasteiger partial charge in [-0.1, -0.05) is 19.4 Å². The molecule has 1 aromatic rings. The van der Waals surface area contributed by atoms with Gasteiger partial charge in [0.25, 0.3) is 0 Å². The fourth-order valence-corrected chi connectivity index (χ4v) is 2.68. The van der Waals surface area contributed by atoms with Crippen molar-refractivity contribution in [2.75, 3.05) is 13.7 Å². The molecule has 2 atom stereocenters. The van der Waals surface area contributed by atoms with Crippen LogP contribution in [0.5, 0.6) is 0 Å². The van der Waals surface area contributed by atoms with E-state index >= 15 is 0 Å². The van der Waals surface area contributed by atoms with Crippen molar-refractivity contribution in [2.45, 2.75) is 52.7 Å².